The van der Waals surface area contributed by atoms with Gasteiger partial charge in [0.1, 0.15) is 5.82 Å². The van der Waals surface area contributed by atoms with Crippen LogP contribution in [0.2, 0.25) is 0 Å². The highest BCUT2D eigenvalue weighted by atomic mass is 79.9. The van der Waals surface area contributed by atoms with Crippen molar-refractivity contribution in [3.8, 4) is 11.5 Å². The Morgan fingerprint density at radius 2 is 2.08 bits per heavy atom. The summed E-state index contributed by atoms with van der Waals surface area (Å²) in [5, 5.41) is 3.45. The van der Waals surface area contributed by atoms with E-state index in [-0.39, 0.29) is 0 Å². The second-order valence-corrected chi connectivity index (χ2v) is 6.52. The number of fused-ring (bicyclic) bond motifs is 1. The van der Waals surface area contributed by atoms with Gasteiger partial charge in [-0.1, -0.05) is 12.1 Å². The molecule has 0 unspecified atom stereocenters. The van der Waals surface area contributed by atoms with Gasteiger partial charge in [-0.15, -0.1) is 0 Å². The van der Waals surface area contributed by atoms with Crippen molar-refractivity contribution in [3.05, 3.63) is 52.3 Å². The van der Waals surface area contributed by atoms with Crippen LogP contribution in [-0.4, -0.2) is 30.2 Å². The molecule has 5 nitrogen and oxygen atoms in total. The monoisotopic (exact) mass is 403 g/mol. The van der Waals surface area contributed by atoms with Gasteiger partial charge < -0.3 is 19.8 Å². The van der Waals surface area contributed by atoms with E-state index in [1.807, 2.05) is 37.3 Å². The zero-order valence-corrected chi connectivity index (χ0v) is 16.0. The Hall–Kier alpha value is -2.05. The number of nitrogens with one attached hydrogen (secondary N) is 2. The molecule has 0 saturated carbocycles. The Kier molecular flexibility index (Phi) is 5.94. The van der Waals surface area contributed by atoms with E-state index in [1.54, 1.807) is 7.11 Å². The third-order valence-corrected chi connectivity index (χ3v) is 4.47. The van der Waals surface area contributed by atoms with Crippen LogP contribution >= 0.6 is 15.9 Å². The molecule has 0 amide bonds. The van der Waals surface area contributed by atoms with E-state index in [0.29, 0.717) is 6.61 Å². The number of rotatable bonds is 8. The summed E-state index contributed by atoms with van der Waals surface area (Å²) >= 11 is 3.55. The number of hydrogen-bond acceptors (Lipinski definition) is 4. The summed E-state index contributed by atoms with van der Waals surface area (Å²) in [7, 11) is 1.65. The molecular formula is C19H22BrN3O2. The van der Waals surface area contributed by atoms with Gasteiger partial charge in [-0.2, -0.15) is 0 Å². The molecule has 0 fully saturated rings. The van der Waals surface area contributed by atoms with E-state index in [9.17, 15) is 0 Å². The van der Waals surface area contributed by atoms with E-state index in [4.69, 9.17) is 9.47 Å². The summed E-state index contributed by atoms with van der Waals surface area (Å²) in [4.78, 5) is 7.94. The quantitative estimate of drug-likeness (QED) is 0.556. The first-order valence-electron chi connectivity index (χ1n) is 8.34. The first kappa shape index (κ1) is 17.8. The molecule has 2 aromatic carbocycles. The number of aromatic amines is 1. The van der Waals surface area contributed by atoms with E-state index >= 15 is 0 Å². The van der Waals surface area contributed by atoms with Gasteiger partial charge in [0, 0.05) is 19.5 Å². The number of imidazole rings is 1. The molecule has 0 radical (unpaired) electrons. The maximum atomic E-state index is 5.66. The zero-order chi connectivity index (χ0) is 17.6. The molecule has 2 N–H and O–H groups in total. The Morgan fingerprint density at radius 1 is 1.24 bits per heavy atom. The largest absolute Gasteiger partial charge is 0.492 e. The highest BCUT2D eigenvalue weighted by Gasteiger charge is 2.11. The minimum Gasteiger partial charge on any atom is -0.492 e. The van der Waals surface area contributed by atoms with E-state index in [2.05, 4.69) is 37.3 Å². The molecule has 0 aliphatic carbocycles. The van der Waals surface area contributed by atoms with Crippen molar-refractivity contribution in [2.45, 2.75) is 19.9 Å². The standard InChI is InChI=1S/C19H22BrN3O2/c1-3-25-17-11-13(10-14(20)19(17)24-2)12-21-9-8-18-22-15-6-4-5-7-16(15)23-18/h4-7,10-11,21H,3,8-9,12H2,1-2H3,(H,22,23). The van der Waals surface area contributed by atoms with Crippen LogP contribution in [0.5, 0.6) is 11.5 Å². The molecule has 1 heterocycles. The second kappa shape index (κ2) is 8.36. The number of ether oxygens (including phenoxy) is 2. The lowest BCUT2D eigenvalue weighted by Crippen LogP contribution is -2.17. The van der Waals surface area contributed by atoms with Gasteiger partial charge in [-0.3, -0.25) is 0 Å². The van der Waals surface area contributed by atoms with Gasteiger partial charge in [0.2, 0.25) is 0 Å². The minimum atomic E-state index is 0.603. The summed E-state index contributed by atoms with van der Waals surface area (Å²) < 4.78 is 12.0. The molecule has 0 saturated heterocycles. The van der Waals surface area contributed by atoms with Gasteiger partial charge in [0.15, 0.2) is 11.5 Å². The summed E-state index contributed by atoms with van der Waals surface area (Å²) in [6.45, 7) is 4.16. The molecule has 25 heavy (non-hydrogen) atoms. The Bertz CT molecular complexity index is 815. The Balaban J connectivity index is 1.58. The Labute approximate surface area is 155 Å². The molecule has 132 valence electrons. The van der Waals surface area contributed by atoms with E-state index in [0.717, 1.165) is 57.9 Å². The predicted octanol–water partition coefficient (Wildman–Crippen LogP) is 4.07. The molecular weight excluding hydrogens is 382 g/mol. The van der Waals surface area contributed by atoms with Gasteiger partial charge in [-0.25, -0.2) is 4.98 Å². The number of aromatic nitrogens is 2. The summed E-state index contributed by atoms with van der Waals surface area (Å²) in [5.41, 5.74) is 3.23. The number of nitrogens with zero attached hydrogens (tertiary/aromatic N) is 1. The average molecular weight is 404 g/mol. The van der Waals surface area contributed by atoms with Crippen molar-refractivity contribution in [2.24, 2.45) is 0 Å². The SMILES string of the molecule is CCOc1cc(CNCCc2nc3ccccc3[nH]2)cc(Br)c1OC. The number of H-pyrrole nitrogens is 1. The number of halogens is 1. The maximum Gasteiger partial charge on any atom is 0.174 e. The third-order valence-electron chi connectivity index (χ3n) is 3.88. The topological polar surface area (TPSA) is 59.2 Å². The van der Waals surface area contributed by atoms with Crippen LogP contribution in [0.4, 0.5) is 0 Å². The van der Waals surface area contributed by atoms with Crippen LogP contribution in [0.15, 0.2) is 40.9 Å². The summed E-state index contributed by atoms with van der Waals surface area (Å²) in [6.07, 6.45) is 0.852. The summed E-state index contributed by atoms with van der Waals surface area (Å²) in [5.74, 6) is 2.49. The highest BCUT2D eigenvalue weighted by molar-refractivity contribution is 9.10. The molecule has 0 atom stereocenters. The van der Waals surface area contributed by atoms with Crippen molar-refractivity contribution in [2.75, 3.05) is 20.3 Å². The molecule has 3 aromatic rings. The second-order valence-electron chi connectivity index (χ2n) is 5.67. The first-order chi connectivity index (χ1) is 12.2. The fraction of sp³-hybridized carbons (Fsp3) is 0.316. The zero-order valence-electron chi connectivity index (χ0n) is 14.4. The van der Waals surface area contributed by atoms with Crippen molar-refractivity contribution in [3.63, 3.8) is 0 Å². The molecule has 0 bridgehead atoms. The average Bonchev–Trinajstić information content (AvgIpc) is 3.02. The Morgan fingerprint density at radius 3 is 2.84 bits per heavy atom. The molecule has 0 spiro atoms. The fourth-order valence-electron chi connectivity index (χ4n) is 2.75. The lowest BCUT2D eigenvalue weighted by Gasteiger charge is -2.13. The van der Waals surface area contributed by atoms with Gasteiger partial charge in [0.25, 0.3) is 0 Å². The normalized spacial score (nSPS) is 11.0. The number of benzene rings is 2. The van der Waals surface area contributed by atoms with Crippen molar-refractivity contribution in [1.82, 2.24) is 15.3 Å². The van der Waals surface area contributed by atoms with Crippen molar-refractivity contribution in [1.29, 1.82) is 0 Å². The third kappa shape index (κ3) is 4.32. The first-order valence-corrected chi connectivity index (χ1v) is 9.14. The van der Waals surface area contributed by atoms with E-state index < -0.39 is 0 Å². The maximum absolute atomic E-state index is 5.66. The number of methoxy groups -OCH3 is 1. The van der Waals surface area contributed by atoms with Crippen LogP contribution in [0.1, 0.15) is 18.3 Å². The van der Waals surface area contributed by atoms with Crippen molar-refractivity contribution < 1.29 is 9.47 Å². The molecule has 0 aliphatic heterocycles. The molecule has 0 aliphatic rings. The van der Waals surface area contributed by atoms with Gasteiger partial charge in [0.05, 0.1) is 29.2 Å². The summed E-state index contributed by atoms with van der Waals surface area (Å²) in [6, 6.07) is 12.1. The molecule has 1 aromatic heterocycles. The van der Waals surface area contributed by atoms with Crippen LogP contribution in [0, 0.1) is 0 Å². The number of hydrogen-bond donors (Lipinski definition) is 2. The molecule has 6 heteroatoms. The van der Waals surface area contributed by atoms with Crippen molar-refractivity contribution >= 4 is 27.0 Å². The predicted molar refractivity (Wildman–Crippen MR) is 103 cm³/mol. The van der Waals surface area contributed by atoms with Gasteiger partial charge in [-0.05, 0) is 52.7 Å². The lowest BCUT2D eigenvalue weighted by molar-refractivity contribution is 0.309. The van der Waals surface area contributed by atoms with Crippen LogP contribution in [0.3, 0.4) is 0 Å². The highest BCUT2D eigenvalue weighted by Crippen LogP contribution is 2.36. The number of para-hydroxylation sites is 2. The van der Waals surface area contributed by atoms with Crippen LogP contribution in [-0.2, 0) is 13.0 Å². The van der Waals surface area contributed by atoms with E-state index in [1.165, 1.54) is 0 Å². The molecule has 3 rings (SSSR count). The van der Waals surface area contributed by atoms with Crippen LogP contribution < -0.4 is 14.8 Å². The van der Waals surface area contributed by atoms with Crippen LogP contribution in [0.25, 0.3) is 11.0 Å². The van der Waals surface area contributed by atoms with Gasteiger partial charge >= 0.3 is 0 Å². The minimum absolute atomic E-state index is 0.603. The smallest absolute Gasteiger partial charge is 0.174 e. The fourth-order valence-corrected chi connectivity index (χ4v) is 3.40. The lowest BCUT2D eigenvalue weighted by atomic mass is 10.2.